The lowest BCUT2D eigenvalue weighted by atomic mass is 10.0. The van der Waals surface area contributed by atoms with Gasteiger partial charge in [-0.2, -0.15) is 0 Å². The second-order valence-corrected chi connectivity index (χ2v) is 5.88. The van der Waals surface area contributed by atoms with E-state index in [1.807, 2.05) is 49.9 Å². The van der Waals surface area contributed by atoms with Gasteiger partial charge in [-0.15, -0.1) is 0 Å². The Morgan fingerprint density at radius 3 is 2.80 bits per heavy atom. The summed E-state index contributed by atoms with van der Waals surface area (Å²) in [6.07, 6.45) is 1.00. The van der Waals surface area contributed by atoms with E-state index in [9.17, 15) is 4.79 Å². The minimum absolute atomic E-state index is 0.00606. The number of ether oxygens (including phenoxy) is 1. The maximum atomic E-state index is 12.6. The lowest BCUT2D eigenvalue weighted by Gasteiger charge is -2.29. The summed E-state index contributed by atoms with van der Waals surface area (Å²) in [4.78, 5) is 14.6. The summed E-state index contributed by atoms with van der Waals surface area (Å²) in [7, 11) is 0. The van der Waals surface area contributed by atoms with E-state index in [0.717, 1.165) is 17.7 Å². The van der Waals surface area contributed by atoms with Crippen LogP contribution in [-0.2, 0) is 16.1 Å². The van der Waals surface area contributed by atoms with Crippen molar-refractivity contribution in [1.82, 2.24) is 4.90 Å². The van der Waals surface area contributed by atoms with E-state index >= 15 is 0 Å². The van der Waals surface area contributed by atoms with Crippen LogP contribution in [0.3, 0.4) is 0 Å². The molecule has 1 heterocycles. The number of anilines is 1. The van der Waals surface area contributed by atoms with Crippen molar-refractivity contribution in [1.29, 1.82) is 0 Å². The predicted octanol–water partition coefficient (Wildman–Crippen LogP) is 2.43. The van der Waals surface area contributed by atoms with Gasteiger partial charge in [0.15, 0.2) is 0 Å². The molecular formula is C16H24N2O2. The van der Waals surface area contributed by atoms with Gasteiger partial charge in [0, 0.05) is 18.3 Å². The molecule has 1 aromatic rings. The predicted molar refractivity (Wildman–Crippen MR) is 80.1 cm³/mol. The second kappa shape index (κ2) is 6.27. The van der Waals surface area contributed by atoms with Crippen molar-refractivity contribution >= 4 is 11.6 Å². The van der Waals surface area contributed by atoms with Crippen LogP contribution in [0.4, 0.5) is 5.69 Å². The smallest absolute Gasteiger partial charge is 0.228 e. The molecule has 4 nitrogen and oxygen atoms in total. The Kier molecular flexibility index (Phi) is 4.65. The van der Waals surface area contributed by atoms with Crippen LogP contribution in [0.1, 0.15) is 32.8 Å². The largest absolute Gasteiger partial charge is 0.399 e. The summed E-state index contributed by atoms with van der Waals surface area (Å²) in [5.41, 5.74) is 7.60. The van der Waals surface area contributed by atoms with Crippen molar-refractivity contribution in [3.05, 3.63) is 29.8 Å². The van der Waals surface area contributed by atoms with E-state index in [2.05, 4.69) is 0 Å². The molecule has 1 amide bonds. The summed E-state index contributed by atoms with van der Waals surface area (Å²) in [5, 5.41) is 0. The molecule has 2 unspecified atom stereocenters. The van der Waals surface area contributed by atoms with Crippen LogP contribution in [0.25, 0.3) is 0 Å². The number of carbonyl (C=O) groups excluding carboxylic acids is 1. The standard InChI is InChI=1S/C16H24N2O2/c1-11(2)18(9-13-5-4-6-15(17)8-13)16(19)14-7-12(3)20-10-14/h4-6,8,11-12,14H,7,9-10,17H2,1-3H3. The van der Waals surface area contributed by atoms with Gasteiger partial charge in [0.25, 0.3) is 0 Å². The lowest BCUT2D eigenvalue weighted by Crippen LogP contribution is -2.40. The number of nitrogens with two attached hydrogens (primary N) is 1. The fourth-order valence-corrected chi connectivity index (χ4v) is 2.63. The molecule has 1 aromatic carbocycles. The van der Waals surface area contributed by atoms with Crippen LogP contribution in [0.5, 0.6) is 0 Å². The van der Waals surface area contributed by atoms with E-state index < -0.39 is 0 Å². The van der Waals surface area contributed by atoms with Crippen molar-refractivity contribution in [2.75, 3.05) is 12.3 Å². The van der Waals surface area contributed by atoms with Gasteiger partial charge in [-0.3, -0.25) is 4.79 Å². The molecule has 2 N–H and O–H groups in total. The van der Waals surface area contributed by atoms with Crippen molar-refractivity contribution < 1.29 is 9.53 Å². The number of nitrogen functional groups attached to an aromatic ring is 1. The van der Waals surface area contributed by atoms with Gasteiger partial charge in [-0.05, 0) is 44.9 Å². The molecule has 20 heavy (non-hydrogen) atoms. The monoisotopic (exact) mass is 276 g/mol. The summed E-state index contributed by atoms with van der Waals surface area (Å²) in [5.74, 6) is 0.181. The number of nitrogens with zero attached hydrogens (tertiary/aromatic N) is 1. The van der Waals surface area contributed by atoms with E-state index in [0.29, 0.717) is 13.2 Å². The minimum Gasteiger partial charge on any atom is -0.399 e. The Labute approximate surface area is 120 Å². The molecule has 4 heteroatoms. The number of carbonyl (C=O) groups is 1. The minimum atomic E-state index is -0.00606. The van der Waals surface area contributed by atoms with Crippen molar-refractivity contribution in [2.24, 2.45) is 5.92 Å². The summed E-state index contributed by atoms with van der Waals surface area (Å²) in [6.45, 7) is 7.25. The maximum absolute atomic E-state index is 12.6. The molecule has 0 saturated carbocycles. The zero-order valence-electron chi connectivity index (χ0n) is 12.5. The summed E-state index contributed by atoms with van der Waals surface area (Å²) >= 11 is 0. The maximum Gasteiger partial charge on any atom is 0.228 e. The summed E-state index contributed by atoms with van der Waals surface area (Å²) in [6, 6.07) is 7.88. The number of hydrogen-bond donors (Lipinski definition) is 1. The Morgan fingerprint density at radius 2 is 2.25 bits per heavy atom. The first kappa shape index (κ1) is 14.9. The van der Waals surface area contributed by atoms with Crippen molar-refractivity contribution in [2.45, 2.75) is 45.9 Å². The first-order valence-corrected chi connectivity index (χ1v) is 7.24. The molecule has 1 aliphatic rings. The quantitative estimate of drug-likeness (QED) is 0.859. The van der Waals surface area contributed by atoms with Crippen molar-refractivity contribution in [3.8, 4) is 0 Å². The highest BCUT2D eigenvalue weighted by Gasteiger charge is 2.32. The third-order valence-corrected chi connectivity index (χ3v) is 3.76. The topological polar surface area (TPSA) is 55.6 Å². The highest BCUT2D eigenvalue weighted by atomic mass is 16.5. The van der Waals surface area contributed by atoms with Gasteiger partial charge in [-0.25, -0.2) is 0 Å². The molecule has 0 bridgehead atoms. The first-order valence-electron chi connectivity index (χ1n) is 7.24. The highest BCUT2D eigenvalue weighted by Crippen LogP contribution is 2.23. The zero-order valence-corrected chi connectivity index (χ0v) is 12.5. The van der Waals surface area contributed by atoms with E-state index in [1.165, 1.54) is 0 Å². The van der Waals surface area contributed by atoms with Gasteiger partial charge in [0.1, 0.15) is 0 Å². The summed E-state index contributed by atoms with van der Waals surface area (Å²) < 4.78 is 5.52. The highest BCUT2D eigenvalue weighted by molar-refractivity contribution is 5.79. The van der Waals surface area contributed by atoms with Gasteiger partial charge >= 0.3 is 0 Å². The van der Waals surface area contributed by atoms with Gasteiger partial charge < -0.3 is 15.4 Å². The van der Waals surface area contributed by atoms with E-state index in [4.69, 9.17) is 10.5 Å². The molecule has 0 spiro atoms. The third kappa shape index (κ3) is 3.51. The molecule has 2 rings (SSSR count). The molecule has 110 valence electrons. The third-order valence-electron chi connectivity index (χ3n) is 3.76. The number of rotatable bonds is 4. The normalized spacial score (nSPS) is 22.2. The fourth-order valence-electron chi connectivity index (χ4n) is 2.63. The Hall–Kier alpha value is -1.55. The SMILES string of the molecule is CC1CC(C(=O)N(Cc2cccc(N)c2)C(C)C)CO1. The van der Waals surface area contributed by atoms with Crippen LogP contribution in [0.2, 0.25) is 0 Å². The Morgan fingerprint density at radius 1 is 1.50 bits per heavy atom. The average molecular weight is 276 g/mol. The molecule has 0 radical (unpaired) electrons. The number of hydrogen-bond acceptors (Lipinski definition) is 3. The molecule has 0 aliphatic carbocycles. The lowest BCUT2D eigenvalue weighted by molar-refractivity contribution is -0.137. The molecule has 1 aliphatic heterocycles. The van der Waals surface area contributed by atoms with E-state index in [1.54, 1.807) is 0 Å². The molecular weight excluding hydrogens is 252 g/mol. The van der Waals surface area contributed by atoms with Crippen LogP contribution in [0.15, 0.2) is 24.3 Å². The molecule has 1 saturated heterocycles. The van der Waals surface area contributed by atoms with Crippen LogP contribution >= 0.6 is 0 Å². The Balaban J connectivity index is 2.09. The van der Waals surface area contributed by atoms with E-state index in [-0.39, 0.29) is 24.0 Å². The van der Waals surface area contributed by atoms with Gasteiger partial charge in [0.05, 0.1) is 18.6 Å². The van der Waals surface area contributed by atoms with Gasteiger partial charge in [-0.1, -0.05) is 12.1 Å². The number of benzene rings is 1. The Bertz CT molecular complexity index is 473. The van der Waals surface area contributed by atoms with Gasteiger partial charge in [0.2, 0.25) is 5.91 Å². The van der Waals surface area contributed by atoms with Crippen LogP contribution in [-0.4, -0.2) is 29.6 Å². The molecule has 1 fully saturated rings. The molecule has 0 aromatic heterocycles. The fraction of sp³-hybridized carbons (Fsp3) is 0.562. The zero-order chi connectivity index (χ0) is 14.7. The number of amides is 1. The molecule has 2 atom stereocenters. The van der Waals surface area contributed by atoms with Crippen LogP contribution in [0, 0.1) is 5.92 Å². The average Bonchev–Trinajstić information content (AvgIpc) is 2.82. The van der Waals surface area contributed by atoms with Crippen molar-refractivity contribution in [3.63, 3.8) is 0 Å². The van der Waals surface area contributed by atoms with Crippen LogP contribution < -0.4 is 5.73 Å². The first-order chi connectivity index (χ1) is 9.47. The second-order valence-electron chi connectivity index (χ2n) is 5.88.